The fourth-order valence-electron chi connectivity index (χ4n) is 2.93. The van der Waals surface area contributed by atoms with E-state index in [4.69, 9.17) is 4.52 Å². The molecule has 8 heteroatoms. The molecule has 0 radical (unpaired) electrons. The molecule has 6 nitrogen and oxygen atoms in total. The van der Waals surface area contributed by atoms with Crippen molar-refractivity contribution in [2.45, 2.75) is 19.9 Å². The fraction of sp³-hybridized carbons (Fsp3) is 0.353. The van der Waals surface area contributed by atoms with Gasteiger partial charge in [0.2, 0.25) is 11.8 Å². The highest BCUT2D eigenvalue weighted by molar-refractivity contribution is 6.00. The molecule has 0 spiro atoms. The number of halogens is 2. The minimum atomic E-state index is -0.826. The standard InChI is InChI=1S/C17H17F2N3O3/c1-10-5-13(20-25-10)9-21(2)17(24)11-6-16(23)22(8-11)15-4-3-12(18)7-14(15)19/h3-5,7,11H,6,8-9H2,1-2H3. The SMILES string of the molecule is Cc1cc(CN(C)C(=O)C2CC(=O)N(c3ccc(F)cc3F)C2)no1. The second kappa shape index (κ2) is 6.62. The average Bonchev–Trinajstić information content (AvgIpc) is 3.12. The van der Waals surface area contributed by atoms with E-state index in [-0.39, 0.29) is 37.0 Å². The number of benzene rings is 1. The van der Waals surface area contributed by atoms with E-state index < -0.39 is 17.6 Å². The van der Waals surface area contributed by atoms with Gasteiger partial charge in [-0.05, 0) is 19.1 Å². The van der Waals surface area contributed by atoms with E-state index in [1.807, 2.05) is 0 Å². The minimum Gasteiger partial charge on any atom is -0.361 e. The monoisotopic (exact) mass is 349 g/mol. The summed E-state index contributed by atoms with van der Waals surface area (Å²) in [5, 5.41) is 3.83. The molecule has 1 aliphatic rings. The molecule has 132 valence electrons. The van der Waals surface area contributed by atoms with Crippen molar-refractivity contribution in [3.8, 4) is 0 Å². The van der Waals surface area contributed by atoms with E-state index >= 15 is 0 Å². The molecule has 1 fully saturated rings. The Labute approximate surface area is 143 Å². The van der Waals surface area contributed by atoms with Gasteiger partial charge in [-0.15, -0.1) is 0 Å². The lowest BCUT2D eigenvalue weighted by Crippen LogP contribution is -2.34. The first kappa shape index (κ1) is 17.1. The predicted octanol–water partition coefficient (Wildman–Crippen LogP) is 2.27. The number of nitrogens with zero attached hydrogens (tertiary/aromatic N) is 3. The third kappa shape index (κ3) is 3.52. The van der Waals surface area contributed by atoms with Crippen molar-refractivity contribution >= 4 is 17.5 Å². The summed E-state index contributed by atoms with van der Waals surface area (Å²) >= 11 is 0. The number of carbonyl (C=O) groups is 2. The van der Waals surface area contributed by atoms with Gasteiger partial charge in [-0.3, -0.25) is 9.59 Å². The van der Waals surface area contributed by atoms with Gasteiger partial charge in [0.15, 0.2) is 0 Å². The van der Waals surface area contributed by atoms with Gasteiger partial charge < -0.3 is 14.3 Å². The first-order valence-corrected chi connectivity index (χ1v) is 7.77. The van der Waals surface area contributed by atoms with Crippen molar-refractivity contribution in [2.24, 2.45) is 5.92 Å². The Balaban J connectivity index is 1.69. The summed E-state index contributed by atoms with van der Waals surface area (Å²) in [5.74, 6) is -2.09. The number of amides is 2. The maximum absolute atomic E-state index is 13.9. The van der Waals surface area contributed by atoms with Crippen LogP contribution in [0.1, 0.15) is 17.9 Å². The van der Waals surface area contributed by atoms with Crippen molar-refractivity contribution in [3.05, 3.63) is 47.4 Å². The van der Waals surface area contributed by atoms with Crippen LogP contribution >= 0.6 is 0 Å². The molecule has 0 aliphatic carbocycles. The maximum atomic E-state index is 13.9. The number of hydrogen-bond donors (Lipinski definition) is 0. The molecule has 1 unspecified atom stereocenters. The summed E-state index contributed by atoms with van der Waals surface area (Å²) in [7, 11) is 1.61. The second-order valence-electron chi connectivity index (χ2n) is 6.12. The van der Waals surface area contributed by atoms with Crippen molar-refractivity contribution in [2.75, 3.05) is 18.5 Å². The molecule has 2 amide bonds. The molecule has 3 rings (SSSR count). The molecule has 0 N–H and O–H groups in total. The summed E-state index contributed by atoms with van der Waals surface area (Å²) in [5.41, 5.74) is 0.593. The van der Waals surface area contributed by atoms with Crippen LogP contribution in [0.15, 0.2) is 28.8 Å². The molecule has 1 saturated heterocycles. The van der Waals surface area contributed by atoms with Gasteiger partial charge in [0, 0.05) is 32.1 Å². The van der Waals surface area contributed by atoms with E-state index in [2.05, 4.69) is 5.16 Å². The molecule has 25 heavy (non-hydrogen) atoms. The third-order valence-electron chi connectivity index (χ3n) is 4.13. The van der Waals surface area contributed by atoms with E-state index in [1.165, 1.54) is 15.9 Å². The van der Waals surface area contributed by atoms with E-state index in [0.717, 1.165) is 12.1 Å². The van der Waals surface area contributed by atoms with Gasteiger partial charge in [0.25, 0.3) is 0 Å². The lowest BCUT2D eigenvalue weighted by Gasteiger charge is -2.21. The van der Waals surface area contributed by atoms with Crippen LogP contribution in [0.5, 0.6) is 0 Å². The number of hydrogen-bond acceptors (Lipinski definition) is 4. The van der Waals surface area contributed by atoms with Crippen LogP contribution in [0, 0.1) is 24.5 Å². The molecule has 1 aromatic heterocycles. The lowest BCUT2D eigenvalue weighted by atomic mass is 10.1. The first-order chi connectivity index (χ1) is 11.8. The van der Waals surface area contributed by atoms with E-state index in [1.54, 1.807) is 20.0 Å². The van der Waals surface area contributed by atoms with Gasteiger partial charge in [-0.25, -0.2) is 8.78 Å². The summed E-state index contributed by atoms with van der Waals surface area (Å²) in [6, 6.07) is 4.73. The molecule has 0 saturated carbocycles. The Kier molecular flexibility index (Phi) is 4.52. The smallest absolute Gasteiger partial charge is 0.228 e. The number of aryl methyl sites for hydroxylation is 1. The number of aromatic nitrogens is 1. The Morgan fingerprint density at radius 3 is 2.80 bits per heavy atom. The molecule has 2 aromatic rings. The van der Waals surface area contributed by atoms with Crippen LogP contribution < -0.4 is 4.90 Å². The van der Waals surface area contributed by atoms with Crippen molar-refractivity contribution in [1.29, 1.82) is 0 Å². The highest BCUT2D eigenvalue weighted by atomic mass is 19.1. The van der Waals surface area contributed by atoms with Crippen molar-refractivity contribution in [1.82, 2.24) is 10.1 Å². The van der Waals surface area contributed by atoms with E-state index in [0.29, 0.717) is 11.5 Å². The molecule has 1 aromatic carbocycles. The summed E-state index contributed by atoms with van der Waals surface area (Å²) in [6.45, 7) is 2.07. The molecular weight excluding hydrogens is 332 g/mol. The van der Waals surface area contributed by atoms with Gasteiger partial charge in [0.1, 0.15) is 23.1 Å². The Morgan fingerprint density at radius 1 is 1.40 bits per heavy atom. The Bertz CT molecular complexity index is 821. The van der Waals surface area contributed by atoms with E-state index in [9.17, 15) is 18.4 Å². The highest BCUT2D eigenvalue weighted by Crippen LogP contribution is 2.28. The second-order valence-corrected chi connectivity index (χ2v) is 6.12. The number of anilines is 1. The maximum Gasteiger partial charge on any atom is 0.228 e. The number of rotatable bonds is 4. The van der Waals surface area contributed by atoms with Crippen LogP contribution in [0.3, 0.4) is 0 Å². The molecular formula is C17H17F2N3O3. The summed E-state index contributed by atoms with van der Waals surface area (Å²) in [4.78, 5) is 27.4. The summed E-state index contributed by atoms with van der Waals surface area (Å²) < 4.78 is 31.9. The topological polar surface area (TPSA) is 66.7 Å². The molecule has 2 heterocycles. The Hall–Kier alpha value is -2.77. The van der Waals surface area contributed by atoms with Crippen LogP contribution in [-0.2, 0) is 16.1 Å². The average molecular weight is 349 g/mol. The third-order valence-corrected chi connectivity index (χ3v) is 4.13. The highest BCUT2D eigenvalue weighted by Gasteiger charge is 2.37. The normalized spacial score (nSPS) is 17.2. The van der Waals surface area contributed by atoms with Crippen LogP contribution in [0.25, 0.3) is 0 Å². The summed E-state index contributed by atoms with van der Waals surface area (Å²) in [6.07, 6.45) is -0.0160. The minimum absolute atomic E-state index is 0.0160. The zero-order valence-electron chi connectivity index (χ0n) is 13.8. The van der Waals surface area contributed by atoms with Crippen molar-refractivity contribution in [3.63, 3.8) is 0 Å². The largest absolute Gasteiger partial charge is 0.361 e. The van der Waals surface area contributed by atoms with Gasteiger partial charge in [-0.2, -0.15) is 0 Å². The predicted molar refractivity (Wildman–Crippen MR) is 84.5 cm³/mol. The number of carbonyl (C=O) groups excluding carboxylic acids is 2. The molecule has 1 atom stereocenters. The van der Waals surface area contributed by atoms with Gasteiger partial charge in [-0.1, -0.05) is 5.16 Å². The fourth-order valence-corrected chi connectivity index (χ4v) is 2.93. The Morgan fingerprint density at radius 2 is 2.16 bits per heavy atom. The molecule has 1 aliphatic heterocycles. The molecule has 0 bridgehead atoms. The van der Waals surface area contributed by atoms with Crippen LogP contribution in [-0.4, -0.2) is 35.5 Å². The lowest BCUT2D eigenvalue weighted by molar-refractivity contribution is -0.135. The van der Waals surface area contributed by atoms with Crippen LogP contribution in [0.2, 0.25) is 0 Å². The zero-order chi connectivity index (χ0) is 18.1. The van der Waals surface area contributed by atoms with Gasteiger partial charge in [0.05, 0.1) is 18.2 Å². The first-order valence-electron chi connectivity index (χ1n) is 7.77. The quantitative estimate of drug-likeness (QED) is 0.849. The van der Waals surface area contributed by atoms with Crippen molar-refractivity contribution < 1.29 is 22.9 Å². The zero-order valence-corrected chi connectivity index (χ0v) is 13.8. The van der Waals surface area contributed by atoms with Crippen LogP contribution in [0.4, 0.5) is 14.5 Å². The van der Waals surface area contributed by atoms with Gasteiger partial charge >= 0.3 is 0 Å².